The third-order valence-corrected chi connectivity index (χ3v) is 4.52. The number of ether oxygens (including phenoxy) is 2. The maximum atomic E-state index is 12.9. The van der Waals surface area contributed by atoms with Gasteiger partial charge >= 0.3 is 5.97 Å². The average molecular weight is 298 g/mol. The predicted octanol–water partition coefficient (Wildman–Crippen LogP) is 0.557. The second-order valence-corrected chi connectivity index (χ2v) is 5.79. The van der Waals surface area contributed by atoms with Crippen LogP contribution in [0.15, 0.2) is 0 Å². The molecule has 2 aliphatic rings. The van der Waals surface area contributed by atoms with Crippen LogP contribution in [0.3, 0.4) is 0 Å². The lowest BCUT2D eigenvalue weighted by atomic mass is 9.88. The van der Waals surface area contributed by atoms with Crippen LogP contribution in [-0.4, -0.2) is 62.3 Å². The van der Waals surface area contributed by atoms with E-state index in [0.717, 1.165) is 25.9 Å². The molecule has 1 N–H and O–H groups in total. The van der Waals surface area contributed by atoms with Gasteiger partial charge in [0.1, 0.15) is 5.60 Å². The number of methoxy groups -OCH3 is 1. The van der Waals surface area contributed by atoms with E-state index < -0.39 is 5.60 Å². The van der Waals surface area contributed by atoms with Crippen molar-refractivity contribution >= 4 is 11.9 Å². The smallest absolute Gasteiger partial charge is 0.310 e. The number of esters is 1. The van der Waals surface area contributed by atoms with Crippen LogP contribution in [0.4, 0.5) is 0 Å². The number of likely N-dealkylation sites (tertiary alicyclic amines) is 1. The number of nitrogens with zero attached hydrogens (tertiary/aromatic N) is 1. The van der Waals surface area contributed by atoms with Crippen LogP contribution in [0.1, 0.15) is 32.6 Å². The van der Waals surface area contributed by atoms with Crippen LogP contribution in [0.5, 0.6) is 0 Å². The molecular formula is C15H26N2O4. The molecule has 2 saturated heterocycles. The van der Waals surface area contributed by atoms with Gasteiger partial charge in [-0.25, -0.2) is 0 Å². The van der Waals surface area contributed by atoms with E-state index in [2.05, 4.69) is 5.32 Å². The molecule has 0 aliphatic carbocycles. The van der Waals surface area contributed by atoms with Crippen LogP contribution in [-0.2, 0) is 19.1 Å². The van der Waals surface area contributed by atoms with Gasteiger partial charge in [-0.2, -0.15) is 0 Å². The molecule has 1 atom stereocenters. The van der Waals surface area contributed by atoms with Crippen molar-refractivity contribution in [2.45, 2.75) is 38.2 Å². The maximum Gasteiger partial charge on any atom is 0.310 e. The van der Waals surface area contributed by atoms with E-state index in [1.54, 1.807) is 18.9 Å². The van der Waals surface area contributed by atoms with Gasteiger partial charge in [0.2, 0.25) is 0 Å². The first-order valence-electron chi connectivity index (χ1n) is 7.85. The molecule has 2 heterocycles. The summed E-state index contributed by atoms with van der Waals surface area (Å²) in [6, 6.07) is 0. The monoisotopic (exact) mass is 298 g/mol. The van der Waals surface area contributed by atoms with E-state index in [9.17, 15) is 9.59 Å². The molecule has 1 unspecified atom stereocenters. The fraction of sp³-hybridized carbons (Fsp3) is 0.867. The molecule has 120 valence electrons. The molecule has 1 amide bonds. The molecule has 6 heteroatoms. The van der Waals surface area contributed by atoms with E-state index in [1.165, 1.54) is 0 Å². The largest absolute Gasteiger partial charge is 0.466 e. The molecule has 0 saturated carbocycles. The number of hydrogen-bond donors (Lipinski definition) is 1. The van der Waals surface area contributed by atoms with Gasteiger partial charge in [0.05, 0.1) is 12.5 Å². The minimum Gasteiger partial charge on any atom is -0.466 e. The number of hydrogen-bond acceptors (Lipinski definition) is 5. The fourth-order valence-electron chi connectivity index (χ4n) is 3.24. The predicted molar refractivity (Wildman–Crippen MR) is 77.8 cm³/mol. The van der Waals surface area contributed by atoms with E-state index in [-0.39, 0.29) is 17.8 Å². The first-order chi connectivity index (χ1) is 10.1. The van der Waals surface area contributed by atoms with Gasteiger partial charge < -0.3 is 19.7 Å². The Bertz CT molecular complexity index is 380. The first-order valence-corrected chi connectivity index (χ1v) is 7.85. The Kier molecular flexibility index (Phi) is 5.58. The maximum absolute atomic E-state index is 12.9. The van der Waals surface area contributed by atoms with Crippen molar-refractivity contribution in [1.82, 2.24) is 10.2 Å². The minimum atomic E-state index is -0.720. The molecule has 0 aromatic heterocycles. The Morgan fingerprint density at radius 1 is 1.33 bits per heavy atom. The highest BCUT2D eigenvalue weighted by molar-refractivity contribution is 5.86. The zero-order valence-electron chi connectivity index (χ0n) is 13.0. The third kappa shape index (κ3) is 3.55. The standard InChI is InChI=1S/C15H26N2O4/c1-3-21-13(18)12-5-4-10-17(11-12)14(19)15(20-2)6-8-16-9-7-15/h12,16H,3-11H2,1-2H3. The minimum absolute atomic E-state index is 0.0282. The molecule has 0 aromatic carbocycles. The number of amides is 1. The summed E-state index contributed by atoms with van der Waals surface area (Å²) in [4.78, 5) is 26.5. The normalized spacial score (nSPS) is 25.4. The molecular weight excluding hydrogens is 272 g/mol. The van der Waals surface area contributed by atoms with Crippen LogP contribution >= 0.6 is 0 Å². The summed E-state index contributed by atoms with van der Waals surface area (Å²) >= 11 is 0. The lowest BCUT2D eigenvalue weighted by Gasteiger charge is -2.41. The first kappa shape index (κ1) is 16.2. The van der Waals surface area contributed by atoms with Gasteiger partial charge in [-0.05, 0) is 45.7 Å². The Hall–Kier alpha value is -1.14. The summed E-state index contributed by atoms with van der Waals surface area (Å²) in [5, 5.41) is 3.25. The van der Waals surface area contributed by atoms with Gasteiger partial charge in [0.15, 0.2) is 0 Å². The lowest BCUT2D eigenvalue weighted by molar-refractivity contribution is -0.163. The number of rotatable bonds is 4. The third-order valence-electron chi connectivity index (χ3n) is 4.52. The number of nitrogens with one attached hydrogen (secondary N) is 1. The molecule has 21 heavy (non-hydrogen) atoms. The summed E-state index contributed by atoms with van der Waals surface area (Å²) in [6.45, 7) is 4.92. The van der Waals surface area contributed by atoms with E-state index >= 15 is 0 Å². The van der Waals surface area contributed by atoms with Crippen LogP contribution < -0.4 is 5.32 Å². The van der Waals surface area contributed by atoms with Crippen molar-refractivity contribution in [3.8, 4) is 0 Å². The summed E-state index contributed by atoms with van der Waals surface area (Å²) in [6.07, 6.45) is 3.00. The van der Waals surface area contributed by atoms with Crippen molar-refractivity contribution in [3.05, 3.63) is 0 Å². The molecule has 0 radical (unpaired) electrons. The molecule has 2 aliphatic heterocycles. The zero-order chi connectivity index (χ0) is 15.3. The highest BCUT2D eigenvalue weighted by Gasteiger charge is 2.44. The van der Waals surface area contributed by atoms with Crippen molar-refractivity contribution < 1.29 is 19.1 Å². The topological polar surface area (TPSA) is 67.9 Å². The van der Waals surface area contributed by atoms with E-state index in [4.69, 9.17) is 9.47 Å². The highest BCUT2D eigenvalue weighted by atomic mass is 16.5. The Morgan fingerprint density at radius 2 is 2.05 bits per heavy atom. The summed E-state index contributed by atoms with van der Waals surface area (Å²) in [7, 11) is 1.61. The molecule has 0 aromatic rings. The quantitative estimate of drug-likeness (QED) is 0.768. The SMILES string of the molecule is CCOC(=O)C1CCCN(C(=O)C2(OC)CCNCC2)C1. The lowest BCUT2D eigenvalue weighted by Crippen LogP contribution is -2.57. The molecule has 6 nitrogen and oxygen atoms in total. The summed E-state index contributed by atoms with van der Waals surface area (Å²) in [5.41, 5.74) is -0.720. The summed E-state index contributed by atoms with van der Waals surface area (Å²) in [5.74, 6) is -0.356. The van der Waals surface area contributed by atoms with Crippen LogP contribution in [0.2, 0.25) is 0 Å². The average Bonchev–Trinajstić information content (AvgIpc) is 2.55. The fourth-order valence-corrected chi connectivity index (χ4v) is 3.24. The van der Waals surface area contributed by atoms with Crippen molar-refractivity contribution in [3.63, 3.8) is 0 Å². The van der Waals surface area contributed by atoms with Crippen molar-refractivity contribution in [2.24, 2.45) is 5.92 Å². The van der Waals surface area contributed by atoms with Gasteiger partial charge in [-0.15, -0.1) is 0 Å². The van der Waals surface area contributed by atoms with Gasteiger partial charge in [0, 0.05) is 20.2 Å². The van der Waals surface area contributed by atoms with Crippen molar-refractivity contribution in [1.29, 1.82) is 0 Å². The molecule has 2 fully saturated rings. The van der Waals surface area contributed by atoms with Crippen molar-refractivity contribution in [2.75, 3.05) is 39.9 Å². The highest BCUT2D eigenvalue weighted by Crippen LogP contribution is 2.28. The van der Waals surface area contributed by atoms with E-state index in [0.29, 0.717) is 32.5 Å². The Balaban J connectivity index is 2.02. The Morgan fingerprint density at radius 3 is 2.67 bits per heavy atom. The van der Waals surface area contributed by atoms with Crippen LogP contribution in [0, 0.1) is 5.92 Å². The number of piperidine rings is 2. The zero-order valence-corrected chi connectivity index (χ0v) is 13.0. The summed E-state index contributed by atoms with van der Waals surface area (Å²) < 4.78 is 10.7. The van der Waals surface area contributed by atoms with Crippen LogP contribution in [0.25, 0.3) is 0 Å². The van der Waals surface area contributed by atoms with Gasteiger partial charge in [0.25, 0.3) is 5.91 Å². The molecule has 0 spiro atoms. The van der Waals surface area contributed by atoms with Gasteiger partial charge in [-0.1, -0.05) is 0 Å². The second-order valence-electron chi connectivity index (χ2n) is 5.79. The number of carbonyl (C=O) groups excluding carboxylic acids is 2. The van der Waals surface area contributed by atoms with Gasteiger partial charge in [-0.3, -0.25) is 9.59 Å². The number of carbonyl (C=O) groups is 2. The second kappa shape index (κ2) is 7.22. The van der Waals surface area contributed by atoms with E-state index in [1.807, 2.05) is 0 Å². The molecule has 2 rings (SSSR count). The molecule has 0 bridgehead atoms. The Labute approximate surface area is 126 Å².